The van der Waals surface area contributed by atoms with Crippen LogP contribution in [0.5, 0.6) is 17.2 Å². The van der Waals surface area contributed by atoms with Gasteiger partial charge in [-0.05, 0) is 24.6 Å². The number of hydrogen-bond donors (Lipinski definition) is 2. The van der Waals surface area contributed by atoms with Crippen molar-refractivity contribution in [2.75, 3.05) is 38.5 Å². The Morgan fingerprint density at radius 1 is 1.04 bits per heavy atom. The Hall–Kier alpha value is -2.96. The molecule has 0 unspecified atom stereocenters. The molecule has 0 aliphatic rings. The zero-order chi connectivity index (χ0) is 18.4. The Morgan fingerprint density at radius 2 is 1.68 bits per heavy atom. The fourth-order valence-electron chi connectivity index (χ4n) is 2.30. The Labute approximate surface area is 145 Å². The highest BCUT2D eigenvalue weighted by molar-refractivity contribution is 5.94. The number of anilines is 2. The monoisotopic (exact) mass is 348 g/mol. The Kier molecular flexibility index (Phi) is 6.05. The van der Waals surface area contributed by atoms with Crippen LogP contribution in [0.25, 0.3) is 0 Å². The molecule has 0 spiro atoms. The van der Waals surface area contributed by atoms with Crippen LogP contribution in [0.15, 0.2) is 30.3 Å². The molecule has 0 aliphatic carbocycles. The lowest BCUT2D eigenvalue weighted by atomic mass is 10.2. The molecule has 0 bridgehead atoms. The molecular weight excluding hydrogens is 327 g/mol. The molecule has 25 heavy (non-hydrogen) atoms. The molecule has 7 heteroatoms. The topological polar surface area (TPSA) is 68.8 Å². The molecular formula is C18H21FN2O4. The SMILES string of the molecule is COc1cc(NC(=O)CNc2ccc(C)cc2F)cc(OC)c1OC. The van der Waals surface area contributed by atoms with Crippen LogP contribution in [0, 0.1) is 12.7 Å². The van der Waals surface area contributed by atoms with Crippen LogP contribution in [0.2, 0.25) is 0 Å². The highest BCUT2D eigenvalue weighted by Gasteiger charge is 2.14. The second-order valence-electron chi connectivity index (χ2n) is 5.30. The van der Waals surface area contributed by atoms with Crippen molar-refractivity contribution in [3.8, 4) is 17.2 Å². The Morgan fingerprint density at radius 3 is 2.20 bits per heavy atom. The van der Waals surface area contributed by atoms with Gasteiger partial charge in [0, 0.05) is 17.8 Å². The van der Waals surface area contributed by atoms with E-state index < -0.39 is 5.82 Å². The van der Waals surface area contributed by atoms with Crippen LogP contribution in [0.3, 0.4) is 0 Å². The summed E-state index contributed by atoms with van der Waals surface area (Å²) >= 11 is 0. The number of ether oxygens (including phenoxy) is 3. The summed E-state index contributed by atoms with van der Waals surface area (Å²) in [4.78, 5) is 12.1. The highest BCUT2D eigenvalue weighted by atomic mass is 19.1. The molecule has 0 saturated carbocycles. The molecule has 0 heterocycles. The van der Waals surface area contributed by atoms with E-state index in [1.165, 1.54) is 27.4 Å². The van der Waals surface area contributed by atoms with Gasteiger partial charge in [0.15, 0.2) is 11.5 Å². The zero-order valence-corrected chi connectivity index (χ0v) is 14.6. The molecule has 6 nitrogen and oxygen atoms in total. The van der Waals surface area contributed by atoms with Gasteiger partial charge in [0.1, 0.15) is 5.82 Å². The normalized spacial score (nSPS) is 10.1. The smallest absolute Gasteiger partial charge is 0.243 e. The van der Waals surface area contributed by atoms with E-state index in [2.05, 4.69) is 10.6 Å². The summed E-state index contributed by atoms with van der Waals surface area (Å²) in [6.07, 6.45) is 0. The minimum absolute atomic E-state index is 0.0867. The third-order valence-corrected chi connectivity index (χ3v) is 3.51. The first-order chi connectivity index (χ1) is 12.0. The van der Waals surface area contributed by atoms with Gasteiger partial charge in [-0.3, -0.25) is 4.79 Å². The average molecular weight is 348 g/mol. The molecule has 0 aliphatic heterocycles. The molecule has 0 aromatic heterocycles. The van der Waals surface area contributed by atoms with Gasteiger partial charge in [-0.2, -0.15) is 0 Å². The molecule has 2 rings (SSSR count). The summed E-state index contributed by atoms with van der Waals surface area (Å²) < 4.78 is 29.5. The van der Waals surface area contributed by atoms with Crippen LogP contribution in [-0.2, 0) is 4.79 Å². The molecule has 2 aromatic carbocycles. The van der Waals surface area contributed by atoms with E-state index >= 15 is 0 Å². The Balaban J connectivity index is 2.07. The number of carbonyl (C=O) groups is 1. The number of nitrogens with one attached hydrogen (secondary N) is 2. The molecule has 1 amide bonds. The summed E-state index contributed by atoms with van der Waals surface area (Å²) in [5, 5.41) is 5.47. The largest absolute Gasteiger partial charge is 0.493 e. The van der Waals surface area contributed by atoms with Gasteiger partial charge < -0.3 is 24.8 Å². The van der Waals surface area contributed by atoms with E-state index in [1.807, 2.05) is 0 Å². The van der Waals surface area contributed by atoms with Gasteiger partial charge in [-0.25, -0.2) is 4.39 Å². The van der Waals surface area contributed by atoms with Crippen molar-refractivity contribution in [1.29, 1.82) is 0 Å². The molecule has 2 aromatic rings. The van der Waals surface area contributed by atoms with Crippen LogP contribution < -0.4 is 24.8 Å². The number of halogens is 1. The molecule has 0 fully saturated rings. The maximum Gasteiger partial charge on any atom is 0.243 e. The highest BCUT2D eigenvalue weighted by Crippen LogP contribution is 2.39. The minimum atomic E-state index is -0.402. The van der Waals surface area contributed by atoms with Gasteiger partial charge in [0.25, 0.3) is 0 Å². The van der Waals surface area contributed by atoms with Gasteiger partial charge in [0.2, 0.25) is 11.7 Å². The number of benzene rings is 2. The van der Waals surface area contributed by atoms with Gasteiger partial charge in [-0.15, -0.1) is 0 Å². The third-order valence-electron chi connectivity index (χ3n) is 3.51. The zero-order valence-electron chi connectivity index (χ0n) is 14.6. The number of methoxy groups -OCH3 is 3. The van der Waals surface area contributed by atoms with E-state index in [-0.39, 0.29) is 18.1 Å². The van der Waals surface area contributed by atoms with Crippen LogP contribution in [0.4, 0.5) is 15.8 Å². The standard InChI is InChI=1S/C18H21FN2O4/c1-11-5-6-14(13(19)7-11)20-10-17(22)21-12-8-15(23-2)18(25-4)16(9-12)24-3/h5-9,20H,10H2,1-4H3,(H,21,22). The summed E-state index contributed by atoms with van der Waals surface area (Å²) in [6, 6.07) is 8.00. The van der Waals surface area contributed by atoms with Gasteiger partial charge in [-0.1, -0.05) is 6.07 Å². The summed E-state index contributed by atoms with van der Waals surface area (Å²) in [5.74, 6) is 0.544. The fourth-order valence-corrected chi connectivity index (χ4v) is 2.30. The lowest BCUT2D eigenvalue weighted by Crippen LogP contribution is -2.22. The van der Waals surface area contributed by atoms with E-state index in [4.69, 9.17) is 14.2 Å². The number of carbonyl (C=O) groups excluding carboxylic acids is 1. The van der Waals surface area contributed by atoms with E-state index in [1.54, 1.807) is 31.2 Å². The predicted octanol–water partition coefficient (Wildman–Crippen LogP) is 3.21. The van der Waals surface area contributed by atoms with Crippen molar-refractivity contribution >= 4 is 17.3 Å². The van der Waals surface area contributed by atoms with Gasteiger partial charge >= 0.3 is 0 Å². The lowest BCUT2D eigenvalue weighted by molar-refractivity contribution is -0.114. The van der Waals surface area contributed by atoms with Crippen LogP contribution >= 0.6 is 0 Å². The van der Waals surface area contributed by atoms with E-state index in [9.17, 15) is 9.18 Å². The summed E-state index contributed by atoms with van der Waals surface area (Å²) in [5.41, 5.74) is 1.56. The van der Waals surface area contributed by atoms with Crippen molar-refractivity contribution in [2.24, 2.45) is 0 Å². The maximum atomic E-state index is 13.8. The quantitative estimate of drug-likeness (QED) is 0.804. The first-order valence-electron chi connectivity index (χ1n) is 7.58. The second-order valence-corrected chi connectivity index (χ2v) is 5.30. The summed E-state index contributed by atoms with van der Waals surface area (Å²) in [7, 11) is 4.48. The molecule has 0 saturated heterocycles. The lowest BCUT2D eigenvalue weighted by Gasteiger charge is -2.15. The molecule has 134 valence electrons. The fraction of sp³-hybridized carbons (Fsp3) is 0.278. The van der Waals surface area contributed by atoms with Crippen molar-refractivity contribution in [3.05, 3.63) is 41.7 Å². The third kappa shape index (κ3) is 4.53. The van der Waals surface area contributed by atoms with E-state index in [0.29, 0.717) is 22.9 Å². The average Bonchev–Trinajstić information content (AvgIpc) is 2.60. The van der Waals surface area contributed by atoms with Crippen LogP contribution in [0.1, 0.15) is 5.56 Å². The van der Waals surface area contributed by atoms with Crippen LogP contribution in [-0.4, -0.2) is 33.8 Å². The number of hydrogen-bond acceptors (Lipinski definition) is 5. The first kappa shape index (κ1) is 18.4. The maximum absolute atomic E-state index is 13.8. The number of aryl methyl sites for hydroxylation is 1. The molecule has 0 radical (unpaired) electrons. The summed E-state index contributed by atoms with van der Waals surface area (Å²) in [6.45, 7) is 1.71. The minimum Gasteiger partial charge on any atom is -0.493 e. The first-order valence-corrected chi connectivity index (χ1v) is 7.58. The van der Waals surface area contributed by atoms with Gasteiger partial charge in [0.05, 0.1) is 33.6 Å². The van der Waals surface area contributed by atoms with Crippen molar-refractivity contribution in [1.82, 2.24) is 0 Å². The van der Waals surface area contributed by atoms with Crippen molar-refractivity contribution < 1.29 is 23.4 Å². The predicted molar refractivity (Wildman–Crippen MR) is 94.4 cm³/mol. The Bertz CT molecular complexity index is 740. The van der Waals surface area contributed by atoms with Crippen molar-refractivity contribution in [3.63, 3.8) is 0 Å². The van der Waals surface area contributed by atoms with Crippen molar-refractivity contribution in [2.45, 2.75) is 6.92 Å². The molecule has 0 atom stereocenters. The number of amides is 1. The molecule has 2 N–H and O–H groups in total. The second kappa shape index (κ2) is 8.23. The van der Waals surface area contributed by atoms with E-state index in [0.717, 1.165) is 5.56 Å². The number of rotatable bonds is 7.